The molecule has 144 valence electrons. The number of rotatable bonds is 6. The lowest BCUT2D eigenvalue weighted by atomic mass is 10.1. The van der Waals surface area contributed by atoms with Gasteiger partial charge in [0.1, 0.15) is 10.9 Å². The molecular formula is C17H19Cl3N6O. The van der Waals surface area contributed by atoms with Crippen LogP contribution in [0.25, 0.3) is 22.5 Å². The van der Waals surface area contributed by atoms with Crippen molar-refractivity contribution in [1.29, 1.82) is 0 Å². The first-order chi connectivity index (χ1) is 12.2. The molecule has 7 nitrogen and oxygen atoms in total. The molecule has 0 radical (unpaired) electrons. The minimum Gasteiger partial charge on any atom is -0.491 e. The number of nitrogens with two attached hydrogens (primary N) is 1. The van der Waals surface area contributed by atoms with Crippen molar-refractivity contribution in [2.45, 2.75) is 12.8 Å². The zero-order chi connectivity index (χ0) is 17.3. The fourth-order valence-corrected chi connectivity index (χ4v) is 2.83. The van der Waals surface area contributed by atoms with Gasteiger partial charge in [-0.25, -0.2) is 4.98 Å². The van der Waals surface area contributed by atoms with E-state index in [4.69, 9.17) is 22.1 Å². The molecule has 1 aliphatic carbocycles. The van der Waals surface area contributed by atoms with Crippen molar-refractivity contribution in [1.82, 2.24) is 25.6 Å². The zero-order valence-electron chi connectivity index (χ0n) is 14.3. The van der Waals surface area contributed by atoms with E-state index in [1.807, 2.05) is 30.3 Å². The quantitative estimate of drug-likeness (QED) is 0.581. The van der Waals surface area contributed by atoms with E-state index in [0.717, 1.165) is 29.5 Å². The number of aromatic nitrogens is 5. The van der Waals surface area contributed by atoms with Crippen LogP contribution in [0.3, 0.4) is 0 Å². The summed E-state index contributed by atoms with van der Waals surface area (Å²) in [6.07, 6.45) is 3.88. The number of nitrogens with one attached hydrogen (secondary N) is 1. The summed E-state index contributed by atoms with van der Waals surface area (Å²) in [5.41, 5.74) is 8.57. The van der Waals surface area contributed by atoms with Gasteiger partial charge in [-0.15, -0.1) is 35.0 Å². The predicted molar refractivity (Wildman–Crippen MR) is 109 cm³/mol. The highest BCUT2D eigenvalue weighted by Crippen LogP contribution is 2.44. The molecule has 0 bridgehead atoms. The predicted octanol–water partition coefficient (Wildman–Crippen LogP) is 3.54. The summed E-state index contributed by atoms with van der Waals surface area (Å²) in [6, 6.07) is 9.63. The SMILES string of the molecule is Cl.Cl.NCC1(COc2cnc(Cl)c(-c3ccc(-c4nn[nH]n4)cc3)c2)CC1. The van der Waals surface area contributed by atoms with E-state index in [9.17, 15) is 0 Å². The van der Waals surface area contributed by atoms with E-state index >= 15 is 0 Å². The molecule has 2 aromatic heterocycles. The molecule has 1 aromatic carbocycles. The molecule has 0 atom stereocenters. The fourth-order valence-electron chi connectivity index (χ4n) is 2.61. The number of nitrogens with zero attached hydrogens (tertiary/aromatic N) is 4. The van der Waals surface area contributed by atoms with Crippen LogP contribution < -0.4 is 10.5 Å². The fraction of sp³-hybridized carbons (Fsp3) is 0.294. The number of hydrogen-bond donors (Lipinski definition) is 2. The minimum atomic E-state index is 0. The molecule has 0 aliphatic heterocycles. The highest BCUT2D eigenvalue weighted by Gasteiger charge is 2.42. The van der Waals surface area contributed by atoms with E-state index < -0.39 is 0 Å². The van der Waals surface area contributed by atoms with Gasteiger partial charge in [-0.3, -0.25) is 0 Å². The molecule has 1 aliphatic rings. The average Bonchev–Trinajstić information content (AvgIpc) is 3.23. The number of aromatic amines is 1. The Balaban J connectivity index is 0.00000131. The molecule has 0 amide bonds. The van der Waals surface area contributed by atoms with Crippen molar-refractivity contribution in [3.05, 3.63) is 41.7 Å². The van der Waals surface area contributed by atoms with Crippen LogP contribution >= 0.6 is 36.4 Å². The van der Waals surface area contributed by atoms with Gasteiger partial charge in [0.25, 0.3) is 0 Å². The van der Waals surface area contributed by atoms with E-state index in [1.54, 1.807) is 6.20 Å². The monoisotopic (exact) mass is 428 g/mol. The first-order valence-corrected chi connectivity index (χ1v) is 8.40. The van der Waals surface area contributed by atoms with Gasteiger partial charge < -0.3 is 10.5 Å². The summed E-state index contributed by atoms with van der Waals surface area (Å²) in [6.45, 7) is 1.27. The summed E-state index contributed by atoms with van der Waals surface area (Å²) in [5.74, 6) is 1.24. The molecule has 10 heteroatoms. The Bertz CT molecular complexity index is 869. The van der Waals surface area contributed by atoms with Crippen molar-refractivity contribution >= 4 is 36.4 Å². The third-order valence-corrected chi connectivity index (χ3v) is 4.85. The second-order valence-electron chi connectivity index (χ2n) is 6.31. The standard InChI is InChI=1S/C17H17ClN6O.2ClH/c18-15-14(7-13(8-20-15)25-10-17(9-19)5-6-17)11-1-3-12(4-2-11)16-21-23-24-22-16;;/h1-4,7-8H,5-6,9-10,19H2,(H,21,22,23,24);2*1H. The second-order valence-corrected chi connectivity index (χ2v) is 6.67. The largest absolute Gasteiger partial charge is 0.491 e. The highest BCUT2D eigenvalue weighted by molar-refractivity contribution is 6.32. The van der Waals surface area contributed by atoms with Crippen molar-refractivity contribution in [3.63, 3.8) is 0 Å². The van der Waals surface area contributed by atoms with Gasteiger partial charge in [-0.2, -0.15) is 5.21 Å². The van der Waals surface area contributed by atoms with Crippen molar-refractivity contribution < 1.29 is 4.74 Å². The smallest absolute Gasteiger partial charge is 0.204 e. The van der Waals surface area contributed by atoms with Crippen LogP contribution in [0.4, 0.5) is 0 Å². The molecule has 3 aromatic rings. The summed E-state index contributed by atoms with van der Waals surface area (Å²) >= 11 is 6.27. The van der Waals surface area contributed by atoms with Gasteiger partial charge in [0.05, 0.1) is 12.8 Å². The van der Waals surface area contributed by atoms with Gasteiger partial charge in [-0.1, -0.05) is 35.9 Å². The molecule has 1 saturated carbocycles. The van der Waals surface area contributed by atoms with E-state index in [-0.39, 0.29) is 30.2 Å². The summed E-state index contributed by atoms with van der Waals surface area (Å²) < 4.78 is 5.89. The molecule has 3 N–H and O–H groups in total. The number of H-pyrrole nitrogens is 1. The number of halogens is 3. The van der Waals surface area contributed by atoms with Gasteiger partial charge in [0, 0.05) is 23.1 Å². The van der Waals surface area contributed by atoms with Gasteiger partial charge in [0.15, 0.2) is 0 Å². The zero-order valence-corrected chi connectivity index (χ0v) is 16.7. The first kappa shape index (κ1) is 21.4. The number of pyridine rings is 1. The van der Waals surface area contributed by atoms with Crippen molar-refractivity contribution in [2.24, 2.45) is 11.1 Å². The number of ether oxygens (including phenoxy) is 1. The van der Waals surface area contributed by atoms with E-state index in [0.29, 0.717) is 29.9 Å². The Morgan fingerprint density at radius 1 is 1.15 bits per heavy atom. The third kappa shape index (κ3) is 4.68. The van der Waals surface area contributed by atoms with Crippen molar-refractivity contribution in [2.75, 3.05) is 13.2 Å². The third-order valence-electron chi connectivity index (χ3n) is 4.55. The molecule has 0 unspecified atom stereocenters. The lowest BCUT2D eigenvalue weighted by molar-refractivity contribution is 0.238. The molecule has 27 heavy (non-hydrogen) atoms. The normalized spacial score (nSPS) is 14.0. The molecule has 1 fully saturated rings. The summed E-state index contributed by atoms with van der Waals surface area (Å²) in [4.78, 5) is 4.24. The second kappa shape index (κ2) is 8.84. The Hall–Kier alpha value is -1.93. The summed E-state index contributed by atoms with van der Waals surface area (Å²) in [5, 5.41) is 14.4. The van der Waals surface area contributed by atoms with Crippen molar-refractivity contribution in [3.8, 4) is 28.3 Å². The molecule has 0 saturated heterocycles. The lowest BCUT2D eigenvalue weighted by Gasteiger charge is -2.14. The van der Waals surface area contributed by atoms with Crippen LogP contribution in [-0.2, 0) is 0 Å². The van der Waals surface area contributed by atoms with E-state index in [2.05, 4.69) is 25.6 Å². The molecule has 4 rings (SSSR count). The molecule has 2 heterocycles. The Kier molecular flexibility index (Phi) is 7.00. The maximum Gasteiger partial charge on any atom is 0.204 e. The topological polar surface area (TPSA) is 103 Å². The Morgan fingerprint density at radius 3 is 2.44 bits per heavy atom. The Labute approximate surface area is 173 Å². The number of benzene rings is 1. The summed E-state index contributed by atoms with van der Waals surface area (Å²) in [7, 11) is 0. The molecule has 0 spiro atoms. The van der Waals surface area contributed by atoms with Crippen LogP contribution in [0.15, 0.2) is 36.5 Å². The number of tetrazole rings is 1. The van der Waals surface area contributed by atoms with Crippen LogP contribution in [0.1, 0.15) is 12.8 Å². The average molecular weight is 430 g/mol. The minimum absolute atomic E-state index is 0. The van der Waals surface area contributed by atoms with Gasteiger partial charge in [-0.05, 0) is 29.7 Å². The Morgan fingerprint density at radius 2 is 1.85 bits per heavy atom. The van der Waals surface area contributed by atoms with Crippen LogP contribution in [0.5, 0.6) is 5.75 Å². The van der Waals surface area contributed by atoms with Gasteiger partial charge in [0.2, 0.25) is 5.82 Å². The number of hydrogen-bond acceptors (Lipinski definition) is 6. The van der Waals surface area contributed by atoms with Crippen LogP contribution in [-0.4, -0.2) is 38.8 Å². The van der Waals surface area contributed by atoms with Gasteiger partial charge >= 0.3 is 0 Å². The van der Waals surface area contributed by atoms with Crippen LogP contribution in [0.2, 0.25) is 5.15 Å². The maximum atomic E-state index is 6.27. The maximum absolute atomic E-state index is 6.27. The highest BCUT2D eigenvalue weighted by atomic mass is 35.5. The van der Waals surface area contributed by atoms with Crippen LogP contribution in [0, 0.1) is 5.41 Å². The molecular weight excluding hydrogens is 411 g/mol. The van der Waals surface area contributed by atoms with E-state index in [1.165, 1.54) is 0 Å². The lowest BCUT2D eigenvalue weighted by Crippen LogP contribution is -2.22. The first-order valence-electron chi connectivity index (χ1n) is 8.02.